The van der Waals surface area contributed by atoms with Crippen LogP contribution in [-0.2, 0) is 0 Å². The van der Waals surface area contributed by atoms with Crippen LogP contribution in [0.3, 0.4) is 0 Å². The van der Waals surface area contributed by atoms with E-state index in [2.05, 4.69) is 19.1 Å². The highest BCUT2D eigenvalue weighted by Crippen LogP contribution is 2.60. The molecular formula is C18H28O. The summed E-state index contributed by atoms with van der Waals surface area (Å²) >= 11 is 0. The minimum Gasteiger partial charge on any atom is -0.393 e. The van der Waals surface area contributed by atoms with E-state index in [1.165, 1.54) is 38.5 Å². The second-order valence-electron chi connectivity index (χ2n) is 8.08. The highest BCUT2D eigenvalue weighted by atomic mass is 16.3. The number of hydrogen-bond acceptors (Lipinski definition) is 1. The molecule has 3 fully saturated rings. The molecular weight excluding hydrogens is 232 g/mol. The molecule has 0 aromatic rings. The predicted molar refractivity (Wildman–Crippen MR) is 77.6 cm³/mol. The van der Waals surface area contributed by atoms with Crippen LogP contribution in [-0.4, -0.2) is 11.2 Å². The SMILES string of the molecule is C[C@@]12C=CCC1C1CCC3CC(O)CCC3C1CC2. The summed E-state index contributed by atoms with van der Waals surface area (Å²) in [6.45, 7) is 2.51. The molecule has 1 N–H and O–H groups in total. The van der Waals surface area contributed by atoms with Gasteiger partial charge in [-0.1, -0.05) is 19.1 Å². The molecule has 0 heterocycles. The fourth-order valence-corrected chi connectivity index (χ4v) is 6.31. The normalized spacial score (nSPS) is 56.3. The van der Waals surface area contributed by atoms with Crippen LogP contribution < -0.4 is 0 Å². The number of rotatable bonds is 0. The van der Waals surface area contributed by atoms with E-state index in [4.69, 9.17) is 0 Å². The second kappa shape index (κ2) is 4.35. The quantitative estimate of drug-likeness (QED) is 0.648. The van der Waals surface area contributed by atoms with Gasteiger partial charge in [-0.25, -0.2) is 0 Å². The van der Waals surface area contributed by atoms with Gasteiger partial charge in [-0.05, 0) is 86.4 Å². The largest absolute Gasteiger partial charge is 0.393 e. The molecule has 4 aliphatic carbocycles. The Morgan fingerprint density at radius 3 is 2.74 bits per heavy atom. The molecule has 4 rings (SSSR count). The number of hydrogen-bond donors (Lipinski definition) is 1. The fourth-order valence-electron chi connectivity index (χ4n) is 6.31. The molecule has 1 nitrogen and oxygen atoms in total. The van der Waals surface area contributed by atoms with Crippen molar-refractivity contribution in [1.29, 1.82) is 0 Å². The van der Waals surface area contributed by atoms with Crippen molar-refractivity contribution >= 4 is 0 Å². The van der Waals surface area contributed by atoms with Gasteiger partial charge < -0.3 is 5.11 Å². The first kappa shape index (κ1) is 12.4. The smallest absolute Gasteiger partial charge is 0.0543 e. The topological polar surface area (TPSA) is 20.2 Å². The van der Waals surface area contributed by atoms with Gasteiger partial charge in [0, 0.05) is 0 Å². The van der Waals surface area contributed by atoms with Gasteiger partial charge in [-0.3, -0.25) is 0 Å². The van der Waals surface area contributed by atoms with E-state index in [1.807, 2.05) is 0 Å². The Bertz CT molecular complexity index is 387. The van der Waals surface area contributed by atoms with E-state index in [0.29, 0.717) is 5.41 Å². The van der Waals surface area contributed by atoms with Crippen LogP contribution >= 0.6 is 0 Å². The van der Waals surface area contributed by atoms with Crippen molar-refractivity contribution in [3.05, 3.63) is 12.2 Å². The van der Waals surface area contributed by atoms with Crippen LogP contribution in [0.4, 0.5) is 0 Å². The van der Waals surface area contributed by atoms with E-state index in [-0.39, 0.29) is 6.10 Å². The number of fused-ring (bicyclic) bond motifs is 5. The highest BCUT2D eigenvalue weighted by molar-refractivity contribution is 5.14. The predicted octanol–water partition coefficient (Wildman–Crippen LogP) is 4.17. The lowest BCUT2D eigenvalue weighted by atomic mass is 9.50. The van der Waals surface area contributed by atoms with E-state index < -0.39 is 0 Å². The third kappa shape index (κ3) is 1.84. The van der Waals surface area contributed by atoms with E-state index in [1.54, 1.807) is 0 Å². The van der Waals surface area contributed by atoms with Gasteiger partial charge in [0.25, 0.3) is 0 Å². The molecule has 0 bridgehead atoms. The number of aliphatic hydroxyl groups is 1. The third-order valence-electron chi connectivity index (χ3n) is 7.25. The third-order valence-corrected chi connectivity index (χ3v) is 7.25. The van der Waals surface area contributed by atoms with Gasteiger partial charge in [-0.15, -0.1) is 0 Å². The summed E-state index contributed by atoms with van der Waals surface area (Å²) in [5, 5.41) is 9.93. The first-order chi connectivity index (χ1) is 9.17. The molecule has 1 heteroatoms. The van der Waals surface area contributed by atoms with Crippen molar-refractivity contribution in [2.75, 3.05) is 0 Å². The van der Waals surface area contributed by atoms with Gasteiger partial charge in [0.1, 0.15) is 0 Å². The Kier molecular flexibility index (Phi) is 2.85. The van der Waals surface area contributed by atoms with Crippen LogP contribution in [0.25, 0.3) is 0 Å². The molecule has 0 amide bonds. The lowest BCUT2D eigenvalue weighted by molar-refractivity contribution is -0.0607. The van der Waals surface area contributed by atoms with Crippen molar-refractivity contribution < 1.29 is 5.11 Å². The maximum Gasteiger partial charge on any atom is 0.0543 e. The van der Waals surface area contributed by atoms with Crippen LogP contribution in [0, 0.1) is 35.0 Å². The average Bonchev–Trinajstić information content (AvgIpc) is 2.79. The summed E-state index contributed by atoms with van der Waals surface area (Å²) in [7, 11) is 0. The molecule has 7 atom stereocenters. The van der Waals surface area contributed by atoms with Gasteiger partial charge >= 0.3 is 0 Å². The maximum absolute atomic E-state index is 9.93. The minimum absolute atomic E-state index is 0.0137. The zero-order valence-corrected chi connectivity index (χ0v) is 12.2. The first-order valence-corrected chi connectivity index (χ1v) is 8.53. The van der Waals surface area contributed by atoms with Gasteiger partial charge in [0.15, 0.2) is 0 Å². The Labute approximate surface area is 117 Å². The van der Waals surface area contributed by atoms with Crippen LogP contribution in [0.15, 0.2) is 12.2 Å². The van der Waals surface area contributed by atoms with E-state index in [9.17, 15) is 5.11 Å². The Hall–Kier alpha value is -0.300. The Balaban J connectivity index is 1.57. The van der Waals surface area contributed by atoms with E-state index in [0.717, 1.165) is 42.4 Å². The lowest BCUT2D eigenvalue weighted by Gasteiger charge is -2.55. The molecule has 0 aromatic carbocycles. The first-order valence-electron chi connectivity index (χ1n) is 8.53. The number of aliphatic hydroxyl groups excluding tert-OH is 1. The van der Waals surface area contributed by atoms with Crippen LogP contribution in [0.2, 0.25) is 0 Å². The summed E-state index contributed by atoms with van der Waals surface area (Å²) < 4.78 is 0. The molecule has 0 aliphatic heterocycles. The average molecular weight is 260 g/mol. The summed E-state index contributed by atoms with van der Waals surface area (Å²) in [5.41, 5.74) is 0.530. The van der Waals surface area contributed by atoms with E-state index >= 15 is 0 Å². The molecule has 0 aromatic heterocycles. The molecule has 6 unspecified atom stereocenters. The highest BCUT2D eigenvalue weighted by Gasteiger charge is 2.52. The zero-order valence-electron chi connectivity index (χ0n) is 12.2. The molecule has 106 valence electrons. The summed E-state index contributed by atoms with van der Waals surface area (Å²) in [5.74, 6) is 4.73. The fraction of sp³-hybridized carbons (Fsp3) is 0.889. The zero-order chi connectivity index (χ0) is 13.0. The molecule has 3 saturated carbocycles. The lowest BCUT2D eigenvalue weighted by Crippen LogP contribution is -2.47. The van der Waals surface area contributed by atoms with Crippen molar-refractivity contribution in [2.45, 2.75) is 64.4 Å². The van der Waals surface area contributed by atoms with Gasteiger partial charge in [0.2, 0.25) is 0 Å². The second-order valence-corrected chi connectivity index (χ2v) is 8.08. The Morgan fingerprint density at radius 1 is 1.00 bits per heavy atom. The molecule has 0 radical (unpaired) electrons. The minimum atomic E-state index is 0.0137. The summed E-state index contributed by atoms with van der Waals surface area (Å²) in [4.78, 5) is 0. The van der Waals surface area contributed by atoms with Crippen LogP contribution in [0.1, 0.15) is 58.3 Å². The molecule has 4 aliphatic rings. The van der Waals surface area contributed by atoms with Crippen molar-refractivity contribution in [3.63, 3.8) is 0 Å². The molecule has 0 saturated heterocycles. The van der Waals surface area contributed by atoms with Crippen molar-refractivity contribution in [1.82, 2.24) is 0 Å². The van der Waals surface area contributed by atoms with Gasteiger partial charge in [-0.2, -0.15) is 0 Å². The monoisotopic (exact) mass is 260 g/mol. The molecule has 19 heavy (non-hydrogen) atoms. The summed E-state index contributed by atoms with van der Waals surface area (Å²) in [6.07, 6.45) is 15.6. The Morgan fingerprint density at radius 2 is 1.84 bits per heavy atom. The standard InChI is InChI=1S/C18H28O/c1-18-9-2-3-17(18)16-6-4-12-11-13(19)5-7-14(12)15(16)8-10-18/h2,9,12-17,19H,3-8,10-11H2,1H3/t12?,13?,14?,15?,16?,17?,18-/m0/s1. The van der Waals surface area contributed by atoms with Gasteiger partial charge in [0.05, 0.1) is 6.10 Å². The summed E-state index contributed by atoms with van der Waals surface area (Å²) in [6, 6.07) is 0. The number of allylic oxidation sites excluding steroid dienone is 2. The maximum atomic E-state index is 9.93. The van der Waals surface area contributed by atoms with Crippen molar-refractivity contribution in [2.24, 2.45) is 35.0 Å². The van der Waals surface area contributed by atoms with Crippen LogP contribution in [0.5, 0.6) is 0 Å². The van der Waals surface area contributed by atoms with Crippen molar-refractivity contribution in [3.8, 4) is 0 Å². The molecule has 0 spiro atoms.